The van der Waals surface area contributed by atoms with Crippen molar-refractivity contribution in [2.45, 2.75) is 25.5 Å². The normalized spacial score (nSPS) is 14.1. The summed E-state index contributed by atoms with van der Waals surface area (Å²) in [5.74, 6) is -1.18. The highest BCUT2D eigenvalue weighted by Gasteiger charge is 2.37. The second kappa shape index (κ2) is 14.2. The molecule has 5 aromatic rings. The number of aromatic amines is 2. The molecule has 0 aliphatic carbocycles. The number of halogens is 7. The molecule has 4 heterocycles. The van der Waals surface area contributed by atoms with Crippen LogP contribution in [-0.2, 0) is 25.5 Å². The van der Waals surface area contributed by atoms with Crippen LogP contribution < -0.4 is 21.3 Å². The van der Waals surface area contributed by atoms with Gasteiger partial charge in [0.05, 0.1) is 34.4 Å². The average molecular weight is 709 g/mol. The Bertz CT molecular complexity index is 2160. The van der Waals surface area contributed by atoms with Crippen LogP contribution in [0.2, 0.25) is 0 Å². The highest BCUT2D eigenvalue weighted by molar-refractivity contribution is 5.92. The molecule has 1 fully saturated rings. The number of H-pyrrole nitrogens is 2. The van der Waals surface area contributed by atoms with Gasteiger partial charge in [-0.2, -0.15) is 30.7 Å². The van der Waals surface area contributed by atoms with E-state index in [1.165, 1.54) is 43.4 Å². The smallest absolute Gasteiger partial charge is 0.392 e. The second-order valence-electron chi connectivity index (χ2n) is 11.0. The standard InChI is InChI=1S/C21H20F4N6O2.C10H7F3N2O2/c1-26-19(32)14-4-5-16(18(22)28-14)31-8-6-30(7-9-31)11-12-2-3-13-15(10-12)29-20(33)17(27-13)21(23,24)25;11-10(12,13)8-9(17)15-7-3-5(4-16)1-2-6(7)14-8/h2-5,10H,6-9,11H2,1H3,(H,26,32)(H,29,33);1-3,16H,4H2,(H,15,17). The van der Waals surface area contributed by atoms with Crippen LogP contribution in [0.1, 0.15) is 33.0 Å². The van der Waals surface area contributed by atoms with Gasteiger partial charge in [0.2, 0.25) is 17.3 Å². The van der Waals surface area contributed by atoms with Crippen LogP contribution in [-0.4, -0.2) is 74.1 Å². The van der Waals surface area contributed by atoms with Gasteiger partial charge in [0.25, 0.3) is 17.0 Å². The molecule has 1 aliphatic heterocycles. The maximum Gasteiger partial charge on any atom is 0.438 e. The van der Waals surface area contributed by atoms with E-state index < -0.39 is 46.7 Å². The highest BCUT2D eigenvalue weighted by atomic mass is 19.4. The van der Waals surface area contributed by atoms with E-state index in [1.807, 2.05) is 4.90 Å². The Morgan fingerprint density at radius 3 is 1.80 bits per heavy atom. The Labute approximate surface area is 276 Å². The van der Waals surface area contributed by atoms with Crippen LogP contribution >= 0.6 is 0 Å². The molecule has 0 spiro atoms. The number of rotatable bonds is 5. The number of nitrogens with one attached hydrogen (secondary N) is 3. The van der Waals surface area contributed by atoms with E-state index in [-0.39, 0.29) is 34.4 Å². The van der Waals surface area contributed by atoms with Gasteiger partial charge < -0.3 is 25.3 Å². The maximum absolute atomic E-state index is 14.4. The molecule has 264 valence electrons. The minimum atomic E-state index is -4.82. The van der Waals surface area contributed by atoms with Crippen LogP contribution in [0.15, 0.2) is 58.1 Å². The number of carbonyl (C=O) groups is 1. The molecule has 0 bridgehead atoms. The summed E-state index contributed by atoms with van der Waals surface area (Å²) in [6, 6.07) is 11.9. The number of hydrogen-bond acceptors (Lipinski definition) is 9. The molecule has 19 heteroatoms. The monoisotopic (exact) mass is 708 g/mol. The number of alkyl halides is 6. The topological polar surface area (TPSA) is 160 Å². The van der Waals surface area contributed by atoms with Crippen LogP contribution in [0.5, 0.6) is 0 Å². The SMILES string of the molecule is CNC(=O)c1ccc(N2CCN(Cc3ccc4nc(C(F)(F)F)c(=O)[nH]c4c3)CC2)c(F)n1.O=c1[nH]c2cc(CO)ccc2nc1C(F)(F)F. The minimum Gasteiger partial charge on any atom is -0.392 e. The Hall–Kier alpha value is -5.43. The van der Waals surface area contributed by atoms with E-state index >= 15 is 0 Å². The number of nitrogens with zero attached hydrogens (tertiary/aromatic N) is 5. The van der Waals surface area contributed by atoms with Crippen molar-refractivity contribution in [2.24, 2.45) is 0 Å². The van der Waals surface area contributed by atoms with Gasteiger partial charge in [-0.1, -0.05) is 12.1 Å². The first-order valence-corrected chi connectivity index (χ1v) is 14.7. The Morgan fingerprint density at radius 1 is 0.800 bits per heavy atom. The predicted molar refractivity (Wildman–Crippen MR) is 166 cm³/mol. The summed E-state index contributed by atoms with van der Waals surface area (Å²) in [5, 5.41) is 11.3. The first-order valence-electron chi connectivity index (χ1n) is 14.7. The molecule has 0 saturated carbocycles. The van der Waals surface area contributed by atoms with E-state index in [0.717, 1.165) is 5.56 Å². The number of amides is 1. The molecule has 1 saturated heterocycles. The fraction of sp³-hybridized carbons (Fsp3) is 0.290. The quantitative estimate of drug-likeness (QED) is 0.158. The summed E-state index contributed by atoms with van der Waals surface area (Å²) in [7, 11) is 1.44. The lowest BCUT2D eigenvalue weighted by molar-refractivity contribution is -0.142. The molecular weight excluding hydrogens is 681 g/mol. The Kier molecular flexibility index (Phi) is 10.2. The summed E-state index contributed by atoms with van der Waals surface area (Å²) < 4.78 is 90.2. The molecule has 6 rings (SSSR count). The van der Waals surface area contributed by atoms with E-state index in [9.17, 15) is 45.1 Å². The molecule has 12 nitrogen and oxygen atoms in total. The van der Waals surface area contributed by atoms with Crippen molar-refractivity contribution in [3.05, 3.63) is 103 Å². The number of aliphatic hydroxyl groups is 1. The Balaban J connectivity index is 0.000000240. The predicted octanol–water partition coefficient (Wildman–Crippen LogP) is 3.59. The molecule has 0 atom stereocenters. The minimum absolute atomic E-state index is 0.00331. The number of carbonyl (C=O) groups excluding carboxylic acids is 1. The summed E-state index contributed by atoms with van der Waals surface area (Å²) in [4.78, 5) is 53.3. The van der Waals surface area contributed by atoms with E-state index in [1.54, 1.807) is 12.1 Å². The van der Waals surface area contributed by atoms with Gasteiger partial charge in [0.15, 0.2) is 0 Å². The zero-order valence-electron chi connectivity index (χ0n) is 25.9. The molecule has 1 aliphatic rings. The van der Waals surface area contributed by atoms with Gasteiger partial charge in [-0.05, 0) is 47.5 Å². The fourth-order valence-electron chi connectivity index (χ4n) is 5.17. The lowest BCUT2D eigenvalue weighted by Crippen LogP contribution is -2.46. The van der Waals surface area contributed by atoms with Crippen molar-refractivity contribution in [1.82, 2.24) is 35.1 Å². The second-order valence-corrected chi connectivity index (χ2v) is 11.0. The summed E-state index contributed by atoms with van der Waals surface area (Å²) in [6.45, 7) is 2.51. The molecule has 4 N–H and O–H groups in total. The van der Waals surface area contributed by atoms with Crippen LogP contribution in [0.25, 0.3) is 22.1 Å². The third-order valence-corrected chi connectivity index (χ3v) is 7.64. The van der Waals surface area contributed by atoms with Crippen LogP contribution in [0.4, 0.5) is 36.4 Å². The average Bonchev–Trinajstić information content (AvgIpc) is 3.06. The third kappa shape index (κ3) is 8.05. The van der Waals surface area contributed by atoms with E-state index in [4.69, 9.17) is 5.11 Å². The number of aliphatic hydroxyl groups excluding tert-OH is 1. The first-order chi connectivity index (χ1) is 23.6. The summed E-state index contributed by atoms with van der Waals surface area (Å²) >= 11 is 0. The van der Waals surface area contributed by atoms with Crippen molar-refractivity contribution in [1.29, 1.82) is 0 Å². The summed E-state index contributed by atoms with van der Waals surface area (Å²) in [6.07, 6.45) is -9.60. The van der Waals surface area contributed by atoms with E-state index in [2.05, 4.69) is 35.1 Å². The zero-order chi connectivity index (χ0) is 36.4. The molecule has 50 heavy (non-hydrogen) atoms. The first kappa shape index (κ1) is 35.9. The molecule has 0 radical (unpaired) electrons. The third-order valence-electron chi connectivity index (χ3n) is 7.64. The zero-order valence-corrected chi connectivity index (χ0v) is 25.9. The maximum atomic E-state index is 14.4. The molecule has 2 aromatic carbocycles. The largest absolute Gasteiger partial charge is 0.438 e. The van der Waals surface area contributed by atoms with Gasteiger partial charge in [-0.15, -0.1) is 0 Å². The lowest BCUT2D eigenvalue weighted by atomic mass is 10.1. The molecule has 1 amide bonds. The van der Waals surface area contributed by atoms with Crippen molar-refractivity contribution in [3.8, 4) is 0 Å². The van der Waals surface area contributed by atoms with Crippen LogP contribution in [0, 0.1) is 5.95 Å². The Morgan fingerprint density at radius 2 is 1.32 bits per heavy atom. The number of aromatic nitrogens is 5. The van der Waals surface area contributed by atoms with Crippen LogP contribution in [0.3, 0.4) is 0 Å². The number of hydrogen-bond donors (Lipinski definition) is 4. The number of pyridine rings is 1. The molecule has 3 aromatic heterocycles. The van der Waals surface area contributed by atoms with Crippen molar-refractivity contribution >= 4 is 33.7 Å². The van der Waals surface area contributed by atoms with Gasteiger partial charge in [0, 0.05) is 39.8 Å². The van der Waals surface area contributed by atoms with Crippen molar-refractivity contribution < 1.29 is 40.6 Å². The van der Waals surface area contributed by atoms with Crippen molar-refractivity contribution in [2.75, 3.05) is 38.1 Å². The fourth-order valence-corrected chi connectivity index (χ4v) is 5.17. The highest BCUT2D eigenvalue weighted by Crippen LogP contribution is 2.27. The lowest BCUT2D eigenvalue weighted by Gasteiger charge is -2.36. The molecule has 0 unspecified atom stereocenters. The number of piperazine rings is 1. The number of anilines is 1. The molecular formula is C31H27F7N8O4. The van der Waals surface area contributed by atoms with Gasteiger partial charge in [-0.3, -0.25) is 19.3 Å². The van der Waals surface area contributed by atoms with Gasteiger partial charge in [-0.25, -0.2) is 15.0 Å². The van der Waals surface area contributed by atoms with Gasteiger partial charge >= 0.3 is 12.4 Å². The number of benzene rings is 2. The number of fused-ring (bicyclic) bond motifs is 2. The van der Waals surface area contributed by atoms with Gasteiger partial charge in [0.1, 0.15) is 5.69 Å². The van der Waals surface area contributed by atoms with Crippen molar-refractivity contribution in [3.63, 3.8) is 0 Å². The summed E-state index contributed by atoms with van der Waals surface area (Å²) in [5.41, 5.74) is -3.44. The van der Waals surface area contributed by atoms with E-state index in [0.29, 0.717) is 44.0 Å².